The summed E-state index contributed by atoms with van der Waals surface area (Å²) in [6.07, 6.45) is 3.52. The van der Waals surface area contributed by atoms with Crippen molar-refractivity contribution in [1.82, 2.24) is 4.98 Å². The Bertz CT molecular complexity index is 424. The van der Waals surface area contributed by atoms with E-state index in [4.69, 9.17) is 5.14 Å². The van der Waals surface area contributed by atoms with E-state index in [2.05, 4.69) is 4.98 Å². The minimum Gasteiger partial charge on any atom is -0.243 e. The first-order valence-corrected chi connectivity index (χ1v) is 5.61. The van der Waals surface area contributed by atoms with Crippen molar-refractivity contribution < 1.29 is 8.42 Å². The number of pyridine rings is 1. The van der Waals surface area contributed by atoms with Crippen LogP contribution in [-0.2, 0) is 10.0 Å². The van der Waals surface area contributed by atoms with E-state index >= 15 is 0 Å². The van der Waals surface area contributed by atoms with Crippen LogP contribution in [0.15, 0.2) is 23.4 Å². The van der Waals surface area contributed by atoms with Gasteiger partial charge in [0.25, 0.3) is 10.0 Å². The average molecular weight is 198 g/mol. The van der Waals surface area contributed by atoms with Gasteiger partial charge in [-0.1, -0.05) is 6.07 Å². The van der Waals surface area contributed by atoms with Crippen molar-refractivity contribution in [3.8, 4) is 0 Å². The van der Waals surface area contributed by atoms with Gasteiger partial charge in [0.2, 0.25) is 0 Å². The van der Waals surface area contributed by atoms with Gasteiger partial charge in [0.1, 0.15) is 0 Å². The minimum absolute atomic E-state index is 0.0394. The molecule has 1 heterocycles. The van der Waals surface area contributed by atoms with E-state index in [-0.39, 0.29) is 5.03 Å². The van der Waals surface area contributed by atoms with E-state index in [0.29, 0.717) is 5.92 Å². The molecular formula is C8H10N2O2S. The zero-order chi connectivity index (χ0) is 9.47. The maximum atomic E-state index is 11.1. The Morgan fingerprint density at radius 3 is 2.69 bits per heavy atom. The summed E-state index contributed by atoms with van der Waals surface area (Å²) in [5.74, 6) is 0.349. The summed E-state index contributed by atoms with van der Waals surface area (Å²) in [6.45, 7) is 0. The SMILES string of the molecule is NS(=O)(=O)c1ncccc1C1CC1. The molecule has 1 saturated carbocycles. The average Bonchev–Trinajstić information content (AvgIpc) is 2.85. The number of aromatic nitrogens is 1. The van der Waals surface area contributed by atoms with Crippen molar-refractivity contribution in [2.45, 2.75) is 23.8 Å². The molecule has 13 heavy (non-hydrogen) atoms. The Morgan fingerprint density at radius 1 is 1.46 bits per heavy atom. The molecule has 1 aromatic heterocycles. The van der Waals surface area contributed by atoms with Crippen LogP contribution in [-0.4, -0.2) is 13.4 Å². The number of hydrogen-bond donors (Lipinski definition) is 1. The summed E-state index contributed by atoms with van der Waals surface area (Å²) < 4.78 is 22.2. The Kier molecular flexibility index (Phi) is 1.85. The number of rotatable bonds is 2. The molecule has 0 aliphatic heterocycles. The third-order valence-corrected chi connectivity index (χ3v) is 2.97. The standard InChI is InChI=1S/C8H10N2O2S/c9-13(11,12)8-7(6-3-4-6)2-1-5-10-8/h1-2,5-6H,3-4H2,(H2,9,11,12). The lowest BCUT2D eigenvalue weighted by atomic mass is 10.2. The smallest absolute Gasteiger partial charge is 0.243 e. The number of nitrogens with zero attached hydrogens (tertiary/aromatic N) is 1. The molecule has 1 fully saturated rings. The van der Waals surface area contributed by atoms with Gasteiger partial charge in [-0.05, 0) is 30.4 Å². The molecule has 0 aromatic carbocycles. The van der Waals surface area contributed by atoms with Crippen molar-refractivity contribution >= 4 is 10.0 Å². The van der Waals surface area contributed by atoms with Crippen molar-refractivity contribution in [2.75, 3.05) is 0 Å². The fourth-order valence-corrected chi connectivity index (χ4v) is 2.12. The van der Waals surface area contributed by atoms with Crippen LogP contribution in [0, 0.1) is 0 Å². The molecule has 1 aliphatic carbocycles. The summed E-state index contributed by atoms with van der Waals surface area (Å²) in [5.41, 5.74) is 0.769. The second-order valence-electron chi connectivity index (χ2n) is 3.22. The van der Waals surface area contributed by atoms with E-state index in [1.165, 1.54) is 6.20 Å². The van der Waals surface area contributed by atoms with Crippen LogP contribution >= 0.6 is 0 Å². The Balaban J connectivity index is 2.55. The third-order valence-electron chi connectivity index (χ3n) is 2.09. The molecule has 0 unspecified atom stereocenters. The number of sulfonamides is 1. The highest BCUT2D eigenvalue weighted by atomic mass is 32.2. The van der Waals surface area contributed by atoms with E-state index in [1.54, 1.807) is 12.1 Å². The van der Waals surface area contributed by atoms with Gasteiger partial charge in [0.05, 0.1) is 0 Å². The molecule has 0 saturated heterocycles. The summed E-state index contributed by atoms with van der Waals surface area (Å²) >= 11 is 0. The van der Waals surface area contributed by atoms with E-state index in [0.717, 1.165) is 18.4 Å². The summed E-state index contributed by atoms with van der Waals surface area (Å²) in [4.78, 5) is 3.80. The molecule has 2 N–H and O–H groups in total. The van der Waals surface area contributed by atoms with Gasteiger partial charge < -0.3 is 0 Å². The molecule has 0 spiro atoms. The van der Waals surface area contributed by atoms with Crippen molar-refractivity contribution in [3.05, 3.63) is 23.9 Å². The summed E-state index contributed by atoms with van der Waals surface area (Å²) in [6, 6.07) is 3.52. The molecule has 4 nitrogen and oxygen atoms in total. The van der Waals surface area contributed by atoms with Crippen LogP contribution in [0.1, 0.15) is 24.3 Å². The maximum absolute atomic E-state index is 11.1. The summed E-state index contributed by atoms with van der Waals surface area (Å²) in [7, 11) is -3.65. The molecule has 1 aromatic rings. The second kappa shape index (κ2) is 2.78. The first kappa shape index (κ1) is 8.65. The molecular weight excluding hydrogens is 188 g/mol. The Labute approximate surface area is 76.8 Å². The van der Waals surface area contributed by atoms with Crippen LogP contribution < -0.4 is 5.14 Å². The van der Waals surface area contributed by atoms with Gasteiger partial charge in [0, 0.05) is 6.20 Å². The van der Waals surface area contributed by atoms with Crippen molar-refractivity contribution in [3.63, 3.8) is 0 Å². The fourth-order valence-electron chi connectivity index (χ4n) is 1.35. The highest BCUT2D eigenvalue weighted by Gasteiger charge is 2.29. The normalized spacial score (nSPS) is 17.3. The van der Waals surface area contributed by atoms with Gasteiger partial charge in [-0.2, -0.15) is 0 Å². The number of primary sulfonamides is 1. The van der Waals surface area contributed by atoms with E-state index in [9.17, 15) is 8.42 Å². The Hall–Kier alpha value is -0.940. The van der Waals surface area contributed by atoms with Gasteiger partial charge in [-0.25, -0.2) is 18.5 Å². The second-order valence-corrected chi connectivity index (χ2v) is 4.69. The van der Waals surface area contributed by atoms with Crippen LogP contribution in [0.4, 0.5) is 0 Å². The number of hydrogen-bond acceptors (Lipinski definition) is 3. The monoisotopic (exact) mass is 198 g/mol. The van der Waals surface area contributed by atoms with Gasteiger partial charge in [-0.3, -0.25) is 0 Å². The van der Waals surface area contributed by atoms with Crippen LogP contribution in [0.5, 0.6) is 0 Å². The highest BCUT2D eigenvalue weighted by Crippen LogP contribution is 2.41. The lowest BCUT2D eigenvalue weighted by molar-refractivity contribution is 0.592. The van der Waals surface area contributed by atoms with Crippen molar-refractivity contribution in [2.24, 2.45) is 5.14 Å². The maximum Gasteiger partial charge on any atom is 0.255 e. The topological polar surface area (TPSA) is 73.1 Å². The van der Waals surface area contributed by atoms with E-state index in [1.807, 2.05) is 0 Å². The van der Waals surface area contributed by atoms with Crippen LogP contribution in [0.2, 0.25) is 0 Å². The zero-order valence-electron chi connectivity index (χ0n) is 6.97. The third kappa shape index (κ3) is 1.71. The quantitative estimate of drug-likeness (QED) is 0.756. The summed E-state index contributed by atoms with van der Waals surface area (Å²) in [5, 5.41) is 5.07. The zero-order valence-corrected chi connectivity index (χ0v) is 7.79. The molecule has 0 radical (unpaired) electrons. The van der Waals surface area contributed by atoms with Gasteiger partial charge in [-0.15, -0.1) is 0 Å². The first-order valence-electron chi connectivity index (χ1n) is 4.07. The Morgan fingerprint density at radius 2 is 2.15 bits per heavy atom. The van der Waals surface area contributed by atoms with Crippen molar-refractivity contribution in [1.29, 1.82) is 0 Å². The molecule has 0 bridgehead atoms. The molecule has 5 heteroatoms. The minimum atomic E-state index is -3.65. The first-order chi connectivity index (χ1) is 6.09. The number of nitrogens with two attached hydrogens (primary N) is 1. The van der Waals surface area contributed by atoms with Gasteiger partial charge in [0.15, 0.2) is 5.03 Å². The predicted molar refractivity (Wildman–Crippen MR) is 47.6 cm³/mol. The molecule has 2 rings (SSSR count). The molecule has 0 amide bonds. The predicted octanol–water partition coefficient (Wildman–Crippen LogP) is 0.606. The molecule has 0 atom stereocenters. The van der Waals surface area contributed by atoms with E-state index < -0.39 is 10.0 Å². The largest absolute Gasteiger partial charge is 0.255 e. The highest BCUT2D eigenvalue weighted by molar-refractivity contribution is 7.89. The van der Waals surface area contributed by atoms with Crippen LogP contribution in [0.25, 0.3) is 0 Å². The molecule has 70 valence electrons. The van der Waals surface area contributed by atoms with Gasteiger partial charge >= 0.3 is 0 Å². The van der Waals surface area contributed by atoms with Crippen LogP contribution in [0.3, 0.4) is 0 Å². The lowest BCUT2D eigenvalue weighted by Crippen LogP contribution is -2.16. The fraction of sp³-hybridized carbons (Fsp3) is 0.375. The molecule has 1 aliphatic rings. The lowest BCUT2D eigenvalue weighted by Gasteiger charge is -2.03.